The predicted octanol–water partition coefficient (Wildman–Crippen LogP) is 4.64. The van der Waals surface area contributed by atoms with Crippen molar-refractivity contribution in [2.75, 3.05) is 46.4 Å². The second kappa shape index (κ2) is 12.3. The Labute approximate surface area is 220 Å². The Hall–Kier alpha value is -3.23. The van der Waals surface area contributed by atoms with E-state index < -0.39 is 10.0 Å². The second-order valence-electron chi connectivity index (χ2n) is 9.12. The van der Waals surface area contributed by atoms with Gasteiger partial charge in [-0.3, -0.25) is 4.90 Å². The van der Waals surface area contributed by atoms with Crippen molar-refractivity contribution in [3.63, 3.8) is 0 Å². The van der Waals surface area contributed by atoms with Gasteiger partial charge in [0.1, 0.15) is 5.75 Å². The van der Waals surface area contributed by atoms with Crippen LogP contribution in [-0.4, -0.2) is 69.2 Å². The molecule has 0 saturated carbocycles. The van der Waals surface area contributed by atoms with Crippen molar-refractivity contribution in [2.24, 2.45) is 0 Å². The van der Waals surface area contributed by atoms with Gasteiger partial charge < -0.3 is 9.84 Å². The number of nitrogens with zero attached hydrogens (tertiary/aromatic N) is 2. The molecular weight excluding hydrogens is 484 g/mol. The molecule has 1 saturated heterocycles. The highest BCUT2D eigenvalue weighted by atomic mass is 32.2. The molecule has 194 valence electrons. The fraction of sp³-hybridized carbons (Fsp3) is 0.267. The van der Waals surface area contributed by atoms with Crippen molar-refractivity contribution < 1.29 is 18.3 Å². The lowest BCUT2D eigenvalue weighted by atomic mass is 10.1. The highest BCUT2D eigenvalue weighted by molar-refractivity contribution is 7.89. The van der Waals surface area contributed by atoms with Crippen LogP contribution in [0.15, 0.2) is 71.6 Å². The third kappa shape index (κ3) is 6.96. The first-order valence-corrected chi connectivity index (χ1v) is 13.9. The number of hydrogen-bond donors (Lipinski definition) is 1. The number of rotatable bonds is 9. The third-order valence-corrected chi connectivity index (χ3v) is 8.44. The van der Waals surface area contributed by atoms with Crippen molar-refractivity contribution in [3.05, 3.63) is 94.5 Å². The van der Waals surface area contributed by atoms with Crippen LogP contribution in [0, 0.1) is 6.92 Å². The number of aliphatic hydroxyl groups excluding tert-OH is 1. The van der Waals surface area contributed by atoms with Crippen LogP contribution in [0.5, 0.6) is 5.75 Å². The molecule has 1 aliphatic rings. The molecule has 0 atom stereocenters. The fourth-order valence-electron chi connectivity index (χ4n) is 4.26. The fourth-order valence-corrected chi connectivity index (χ4v) is 5.68. The summed E-state index contributed by atoms with van der Waals surface area (Å²) in [7, 11) is -1.86. The maximum atomic E-state index is 13.0. The minimum atomic E-state index is -3.53. The summed E-state index contributed by atoms with van der Waals surface area (Å²) < 4.78 is 33.2. The predicted molar refractivity (Wildman–Crippen MR) is 151 cm³/mol. The molecule has 6 nitrogen and oxygen atoms in total. The smallest absolute Gasteiger partial charge is 0.243 e. The molecule has 1 heterocycles. The first-order valence-electron chi connectivity index (χ1n) is 12.4. The zero-order valence-electron chi connectivity index (χ0n) is 21.4. The van der Waals surface area contributed by atoms with Crippen LogP contribution in [0.4, 0.5) is 0 Å². The topological polar surface area (TPSA) is 70.1 Å². The number of hydrogen-bond acceptors (Lipinski definition) is 5. The molecule has 1 aliphatic heterocycles. The molecule has 0 spiro atoms. The van der Waals surface area contributed by atoms with E-state index in [0.29, 0.717) is 37.6 Å². The van der Waals surface area contributed by atoms with Crippen molar-refractivity contribution in [1.82, 2.24) is 9.21 Å². The minimum Gasteiger partial charge on any atom is -0.496 e. The highest BCUT2D eigenvalue weighted by Gasteiger charge is 2.28. The summed E-state index contributed by atoms with van der Waals surface area (Å²) in [4.78, 5) is 2.37. The van der Waals surface area contributed by atoms with Crippen LogP contribution in [0.3, 0.4) is 0 Å². The third-order valence-electron chi connectivity index (χ3n) is 6.52. The molecule has 0 unspecified atom stereocenters. The molecule has 0 aliphatic carbocycles. The van der Waals surface area contributed by atoms with E-state index in [1.807, 2.05) is 48.6 Å². The van der Waals surface area contributed by atoms with Gasteiger partial charge in [0.25, 0.3) is 0 Å². The molecule has 0 bridgehead atoms. The maximum absolute atomic E-state index is 13.0. The summed E-state index contributed by atoms with van der Waals surface area (Å²) in [6.45, 7) is 4.86. The molecule has 4 rings (SSSR count). The number of methoxy groups -OCH3 is 1. The van der Waals surface area contributed by atoms with Crippen LogP contribution in [0.1, 0.15) is 27.8 Å². The molecule has 3 aromatic carbocycles. The number of aliphatic hydroxyl groups is 1. The van der Waals surface area contributed by atoms with E-state index in [0.717, 1.165) is 28.0 Å². The molecule has 0 amide bonds. The summed E-state index contributed by atoms with van der Waals surface area (Å²) in [5.74, 6) is 0.783. The summed E-state index contributed by atoms with van der Waals surface area (Å²) in [5, 5.41) is 9.08. The van der Waals surface area contributed by atoms with Gasteiger partial charge in [0, 0.05) is 38.3 Å². The molecule has 37 heavy (non-hydrogen) atoms. The lowest BCUT2D eigenvalue weighted by Gasteiger charge is -2.33. The van der Waals surface area contributed by atoms with E-state index in [4.69, 9.17) is 9.84 Å². The zero-order chi connectivity index (χ0) is 26.3. The van der Waals surface area contributed by atoms with Gasteiger partial charge in [-0.1, -0.05) is 78.4 Å². The van der Waals surface area contributed by atoms with Gasteiger partial charge in [-0.2, -0.15) is 4.31 Å². The molecule has 0 radical (unpaired) electrons. The first kappa shape index (κ1) is 26.8. The summed E-state index contributed by atoms with van der Waals surface area (Å²) in [5.41, 5.74) is 5.25. The number of sulfonamides is 1. The number of aryl methyl sites for hydroxylation is 1. The van der Waals surface area contributed by atoms with E-state index in [2.05, 4.69) is 42.2 Å². The maximum Gasteiger partial charge on any atom is 0.243 e. The second-order valence-corrected chi connectivity index (χ2v) is 11.1. The summed E-state index contributed by atoms with van der Waals surface area (Å²) in [6, 6.07) is 21.4. The Balaban J connectivity index is 1.42. The van der Waals surface area contributed by atoms with Gasteiger partial charge >= 0.3 is 0 Å². The van der Waals surface area contributed by atoms with Crippen LogP contribution >= 0.6 is 0 Å². The highest BCUT2D eigenvalue weighted by Crippen LogP contribution is 2.24. The quantitative estimate of drug-likeness (QED) is 0.418. The minimum absolute atomic E-state index is 0.0870. The molecule has 1 fully saturated rings. The summed E-state index contributed by atoms with van der Waals surface area (Å²) in [6.07, 6.45) is 8.06. The number of ether oxygens (including phenoxy) is 1. The van der Waals surface area contributed by atoms with Crippen molar-refractivity contribution in [2.45, 2.75) is 11.8 Å². The van der Waals surface area contributed by atoms with Crippen molar-refractivity contribution in [1.29, 1.82) is 0 Å². The van der Waals surface area contributed by atoms with E-state index in [-0.39, 0.29) is 6.61 Å². The van der Waals surface area contributed by atoms with Crippen LogP contribution in [0.25, 0.3) is 24.3 Å². The van der Waals surface area contributed by atoms with Crippen LogP contribution in [-0.2, 0) is 10.0 Å². The average Bonchev–Trinajstić information content (AvgIpc) is 2.92. The van der Waals surface area contributed by atoms with Gasteiger partial charge in [0.15, 0.2) is 0 Å². The van der Waals surface area contributed by atoms with E-state index in [9.17, 15) is 8.42 Å². The Morgan fingerprint density at radius 2 is 1.38 bits per heavy atom. The van der Waals surface area contributed by atoms with Gasteiger partial charge in [0.2, 0.25) is 10.0 Å². The number of β-amino-alcohol motifs (C(OH)–C–C–N with tert-alkyl or cyclic N) is 1. The number of benzene rings is 3. The Morgan fingerprint density at radius 1 is 0.811 bits per heavy atom. The molecule has 7 heteroatoms. The number of piperazine rings is 1. The molecule has 1 N–H and O–H groups in total. The first-order chi connectivity index (χ1) is 17.9. The largest absolute Gasteiger partial charge is 0.496 e. The average molecular weight is 519 g/mol. The lowest BCUT2D eigenvalue weighted by Crippen LogP contribution is -2.49. The summed E-state index contributed by atoms with van der Waals surface area (Å²) >= 11 is 0. The lowest BCUT2D eigenvalue weighted by molar-refractivity contribution is 0.151. The molecule has 0 aromatic heterocycles. The van der Waals surface area contributed by atoms with E-state index in [1.54, 1.807) is 19.2 Å². The van der Waals surface area contributed by atoms with Crippen molar-refractivity contribution >= 4 is 34.3 Å². The molecular formula is C30H34N2O4S. The SMILES string of the molecule is COc1cc(/C=C/c2ccc(S(=O)(=O)N3CCN(CCO)CC3)cc2)ccc1/C=C/c1ccc(C)cc1. The van der Waals surface area contributed by atoms with E-state index in [1.165, 1.54) is 9.87 Å². The Morgan fingerprint density at radius 3 is 2.00 bits per heavy atom. The van der Waals surface area contributed by atoms with Gasteiger partial charge in [-0.05, 0) is 41.8 Å². The van der Waals surface area contributed by atoms with Gasteiger partial charge in [0.05, 0.1) is 18.6 Å². The Kier molecular flexibility index (Phi) is 8.95. The van der Waals surface area contributed by atoms with Gasteiger partial charge in [-0.25, -0.2) is 8.42 Å². The van der Waals surface area contributed by atoms with E-state index >= 15 is 0 Å². The monoisotopic (exact) mass is 518 g/mol. The molecule has 3 aromatic rings. The zero-order valence-corrected chi connectivity index (χ0v) is 22.2. The normalized spacial score (nSPS) is 15.5. The van der Waals surface area contributed by atoms with Crippen LogP contribution < -0.4 is 4.74 Å². The van der Waals surface area contributed by atoms with Crippen molar-refractivity contribution in [3.8, 4) is 5.75 Å². The van der Waals surface area contributed by atoms with Crippen LogP contribution in [0.2, 0.25) is 0 Å². The van der Waals surface area contributed by atoms with Gasteiger partial charge in [-0.15, -0.1) is 0 Å². The standard InChI is InChI=1S/C30H34N2O4S/c1-24-3-5-25(6-4-24)9-13-28-14-10-27(23-30(28)36-2)8-7-26-11-15-29(16-12-26)37(34,35)32-19-17-31(18-20-32)21-22-33/h3-16,23,33H,17-22H2,1-2H3/b8-7+,13-9+. The Bertz CT molecular complexity index is 1340.